The average Bonchev–Trinajstić information content (AvgIpc) is 3.02. The van der Waals surface area contributed by atoms with Gasteiger partial charge in [0.25, 0.3) is 5.95 Å². The van der Waals surface area contributed by atoms with Gasteiger partial charge in [-0.05, 0) is 31.7 Å². The highest BCUT2D eigenvalue weighted by molar-refractivity contribution is 5.28. The molecule has 1 aliphatic carbocycles. The molecule has 2 aromatic rings. The van der Waals surface area contributed by atoms with Crippen LogP contribution in [0.2, 0.25) is 0 Å². The lowest BCUT2D eigenvalue weighted by Gasteiger charge is -2.21. The average molecular weight is 275 g/mol. The van der Waals surface area contributed by atoms with Gasteiger partial charge in [0.15, 0.2) is 0 Å². The van der Waals surface area contributed by atoms with Gasteiger partial charge in [0.2, 0.25) is 5.95 Å². The molecule has 0 amide bonds. The van der Waals surface area contributed by atoms with Gasteiger partial charge in [-0.25, -0.2) is 10.5 Å². The van der Waals surface area contributed by atoms with Crippen molar-refractivity contribution >= 4 is 5.95 Å². The summed E-state index contributed by atoms with van der Waals surface area (Å²) in [4.78, 5) is 12.6. The zero-order valence-corrected chi connectivity index (χ0v) is 11.1. The van der Waals surface area contributed by atoms with Crippen molar-refractivity contribution in [2.45, 2.75) is 38.2 Å². The quantitative estimate of drug-likeness (QED) is 0.635. The second kappa shape index (κ2) is 5.83. The van der Waals surface area contributed by atoms with Crippen LogP contribution in [-0.2, 0) is 0 Å². The number of hydrogen-bond donors (Lipinski definition) is 2. The third kappa shape index (κ3) is 2.85. The minimum Gasteiger partial charge on any atom is -0.460 e. The molecule has 1 saturated carbocycles. The summed E-state index contributed by atoms with van der Waals surface area (Å²) in [6.07, 6.45) is 9.28. The Labute approximate surface area is 116 Å². The van der Waals surface area contributed by atoms with E-state index >= 15 is 0 Å². The van der Waals surface area contributed by atoms with Gasteiger partial charge >= 0.3 is 6.01 Å². The molecular formula is C12H17N7O. The van der Waals surface area contributed by atoms with Gasteiger partial charge in [-0.15, -0.1) is 0 Å². The summed E-state index contributed by atoms with van der Waals surface area (Å²) in [6, 6.07) is 2.08. The van der Waals surface area contributed by atoms with Crippen molar-refractivity contribution in [1.82, 2.24) is 24.7 Å². The molecule has 3 rings (SSSR count). The summed E-state index contributed by atoms with van der Waals surface area (Å²) in [5.41, 5.74) is 2.42. The van der Waals surface area contributed by atoms with Crippen molar-refractivity contribution in [3.8, 4) is 12.0 Å². The van der Waals surface area contributed by atoms with Crippen molar-refractivity contribution in [3.05, 3.63) is 18.5 Å². The minimum atomic E-state index is 0.169. The van der Waals surface area contributed by atoms with E-state index in [9.17, 15) is 0 Å². The molecule has 0 bridgehead atoms. The van der Waals surface area contributed by atoms with E-state index in [0.29, 0.717) is 5.95 Å². The van der Waals surface area contributed by atoms with Gasteiger partial charge in [-0.1, -0.05) is 6.42 Å². The highest BCUT2D eigenvalue weighted by Gasteiger charge is 2.17. The van der Waals surface area contributed by atoms with E-state index < -0.39 is 0 Å². The predicted molar refractivity (Wildman–Crippen MR) is 72.3 cm³/mol. The van der Waals surface area contributed by atoms with Gasteiger partial charge in [-0.2, -0.15) is 20.1 Å². The van der Waals surface area contributed by atoms with Crippen molar-refractivity contribution in [2.24, 2.45) is 5.84 Å². The van der Waals surface area contributed by atoms with Crippen molar-refractivity contribution in [1.29, 1.82) is 0 Å². The van der Waals surface area contributed by atoms with Crippen LogP contribution in [0.25, 0.3) is 5.95 Å². The van der Waals surface area contributed by atoms with E-state index in [2.05, 4.69) is 25.5 Å². The Kier molecular flexibility index (Phi) is 3.73. The molecular weight excluding hydrogens is 258 g/mol. The van der Waals surface area contributed by atoms with Gasteiger partial charge < -0.3 is 4.74 Å². The number of aromatic nitrogens is 5. The summed E-state index contributed by atoms with van der Waals surface area (Å²) >= 11 is 0. The monoisotopic (exact) mass is 275 g/mol. The van der Waals surface area contributed by atoms with E-state index in [1.165, 1.54) is 23.9 Å². The van der Waals surface area contributed by atoms with E-state index in [1.807, 2.05) is 0 Å². The number of hydrogen-bond acceptors (Lipinski definition) is 7. The fraction of sp³-hybridized carbons (Fsp3) is 0.500. The van der Waals surface area contributed by atoms with Gasteiger partial charge in [0.1, 0.15) is 6.10 Å². The van der Waals surface area contributed by atoms with E-state index in [4.69, 9.17) is 10.6 Å². The van der Waals surface area contributed by atoms with Crippen LogP contribution in [0.15, 0.2) is 18.5 Å². The second-order valence-corrected chi connectivity index (χ2v) is 4.71. The van der Waals surface area contributed by atoms with E-state index in [0.717, 1.165) is 12.8 Å². The highest BCUT2D eigenvalue weighted by atomic mass is 16.5. The van der Waals surface area contributed by atoms with E-state index in [-0.39, 0.29) is 18.1 Å². The fourth-order valence-corrected chi connectivity index (χ4v) is 2.28. The third-order valence-electron chi connectivity index (χ3n) is 3.27. The molecule has 0 radical (unpaired) electrons. The first kappa shape index (κ1) is 12.8. The van der Waals surface area contributed by atoms with Crippen LogP contribution >= 0.6 is 0 Å². The Balaban J connectivity index is 1.84. The molecule has 0 unspecified atom stereocenters. The molecule has 0 atom stereocenters. The molecule has 0 aromatic carbocycles. The molecule has 0 saturated heterocycles. The maximum absolute atomic E-state index is 5.84. The number of hydrazine groups is 1. The summed E-state index contributed by atoms with van der Waals surface area (Å²) in [7, 11) is 0. The smallest absolute Gasteiger partial charge is 0.323 e. The van der Waals surface area contributed by atoms with Crippen LogP contribution in [0.4, 0.5) is 5.95 Å². The molecule has 8 nitrogen and oxygen atoms in total. The topological polar surface area (TPSA) is 104 Å². The Bertz CT molecular complexity index is 551. The Hall–Kier alpha value is -2.22. The lowest BCUT2D eigenvalue weighted by Crippen LogP contribution is -2.22. The van der Waals surface area contributed by atoms with Crippen LogP contribution in [0.5, 0.6) is 6.01 Å². The molecule has 1 aliphatic rings. The van der Waals surface area contributed by atoms with Crippen LogP contribution in [0.3, 0.4) is 0 Å². The molecule has 3 N–H and O–H groups in total. The van der Waals surface area contributed by atoms with Gasteiger partial charge in [-0.3, -0.25) is 5.43 Å². The van der Waals surface area contributed by atoms with E-state index in [1.54, 1.807) is 18.5 Å². The molecule has 0 aliphatic heterocycles. The first-order valence-electron chi connectivity index (χ1n) is 6.74. The number of anilines is 1. The molecule has 2 aromatic heterocycles. The molecule has 20 heavy (non-hydrogen) atoms. The number of nitrogens with two attached hydrogens (primary N) is 1. The molecule has 8 heteroatoms. The fourth-order valence-electron chi connectivity index (χ4n) is 2.28. The van der Waals surface area contributed by atoms with Gasteiger partial charge in [0, 0.05) is 12.4 Å². The van der Waals surface area contributed by atoms with Crippen LogP contribution in [-0.4, -0.2) is 30.8 Å². The minimum absolute atomic E-state index is 0.169. The number of nitrogens with one attached hydrogen (secondary N) is 1. The van der Waals surface area contributed by atoms with Crippen molar-refractivity contribution in [3.63, 3.8) is 0 Å². The number of nitrogens with zero attached hydrogens (tertiary/aromatic N) is 5. The van der Waals surface area contributed by atoms with Crippen molar-refractivity contribution < 1.29 is 4.74 Å². The summed E-state index contributed by atoms with van der Waals surface area (Å²) in [6.45, 7) is 0. The molecule has 0 spiro atoms. The molecule has 106 valence electrons. The van der Waals surface area contributed by atoms with Crippen LogP contribution in [0.1, 0.15) is 32.1 Å². The Morgan fingerprint density at radius 1 is 1.20 bits per heavy atom. The second-order valence-electron chi connectivity index (χ2n) is 4.71. The lowest BCUT2D eigenvalue weighted by atomic mass is 9.98. The maximum Gasteiger partial charge on any atom is 0.323 e. The Morgan fingerprint density at radius 2 is 2.05 bits per heavy atom. The first-order chi connectivity index (χ1) is 9.85. The van der Waals surface area contributed by atoms with Crippen molar-refractivity contribution in [2.75, 3.05) is 5.43 Å². The highest BCUT2D eigenvalue weighted by Crippen LogP contribution is 2.22. The largest absolute Gasteiger partial charge is 0.460 e. The molecule has 2 heterocycles. The zero-order valence-electron chi connectivity index (χ0n) is 11.1. The maximum atomic E-state index is 5.84. The number of nitrogen functional groups attached to an aromatic ring is 1. The SMILES string of the molecule is NNc1nc(OC2CCCCC2)nc(-n2cccn2)n1. The van der Waals surface area contributed by atoms with Crippen LogP contribution < -0.4 is 16.0 Å². The third-order valence-corrected chi connectivity index (χ3v) is 3.27. The lowest BCUT2D eigenvalue weighted by molar-refractivity contribution is 0.141. The summed E-state index contributed by atoms with van der Waals surface area (Å²) in [5.74, 6) is 6.03. The number of ether oxygens (including phenoxy) is 1. The Morgan fingerprint density at radius 3 is 2.75 bits per heavy atom. The summed E-state index contributed by atoms with van der Waals surface area (Å²) in [5, 5.41) is 4.09. The normalized spacial score (nSPS) is 16.1. The summed E-state index contributed by atoms with van der Waals surface area (Å²) < 4.78 is 7.38. The predicted octanol–water partition coefficient (Wildman–Crippen LogP) is 1.05. The van der Waals surface area contributed by atoms with Gasteiger partial charge in [0.05, 0.1) is 0 Å². The van der Waals surface area contributed by atoms with Crippen LogP contribution in [0, 0.1) is 0 Å². The molecule has 1 fully saturated rings. The zero-order chi connectivity index (χ0) is 13.8. The number of rotatable bonds is 4. The first-order valence-corrected chi connectivity index (χ1v) is 6.74. The standard InChI is InChI=1S/C12H17N7O/c13-18-10-15-11(19-8-4-7-14-19)17-12(16-10)20-9-5-2-1-3-6-9/h4,7-9H,1-3,5-6,13H2,(H,15,16,17,18).